The first kappa shape index (κ1) is 14.9. The van der Waals surface area contributed by atoms with Crippen LogP contribution in [-0.2, 0) is 4.79 Å². The average molecular weight is 277 g/mol. The third kappa shape index (κ3) is 3.54. The molecule has 3 unspecified atom stereocenters. The van der Waals surface area contributed by atoms with E-state index in [1.807, 2.05) is 26.8 Å². The van der Waals surface area contributed by atoms with Crippen molar-refractivity contribution in [2.24, 2.45) is 11.3 Å². The SMILES string of the molecule is CC(C)(C)C(O)C(CC1C=CC(=O)CC1)n1cncn1. The number of aromatic nitrogens is 3. The number of hydrogen-bond acceptors (Lipinski definition) is 4. The van der Waals surface area contributed by atoms with E-state index in [0.29, 0.717) is 12.3 Å². The fourth-order valence-electron chi connectivity index (χ4n) is 2.60. The smallest absolute Gasteiger partial charge is 0.155 e. The Labute approximate surface area is 119 Å². The zero-order valence-corrected chi connectivity index (χ0v) is 12.4. The first-order chi connectivity index (χ1) is 9.38. The predicted molar refractivity (Wildman–Crippen MR) is 76.0 cm³/mol. The van der Waals surface area contributed by atoms with Crippen molar-refractivity contribution in [1.82, 2.24) is 14.8 Å². The second-order valence-corrected chi connectivity index (χ2v) is 6.61. The van der Waals surface area contributed by atoms with Gasteiger partial charge < -0.3 is 5.11 Å². The predicted octanol–water partition coefficient (Wildman–Crippen LogP) is 2.15. The van der Waals surface area contributed by atoms with Gasteiger partial charge in [-0.2, -0.15) is 5.10 Å². The van der Waals surface area contributed by atoms with Gasteiger partial charge in [-0.3, -0.25) is 4.79 Å². The van der Waals surface area contributed by atoms with Crippen LogP contribution in [0.2, 0.25) is 0 Å². The van der Waals surface area contributed by atoms with Crippen LogP contribution < -0.4 is 0 Å². The zero-order valence-electron chi connectivity index (χ0n) is 12.4. The van der Waals surface area contributed by atoms with E-state index in [0.717, 1.165) is 12.8 Å². The lowest BCUT2D eigenvalue weighted by molar-refractivity contribution is -0.115. The van der Waals surface area contributed by atoms with Crippen LogP contribution in [0.5, 0.6) is 0 Å². The summed E-state index contributed by atoms with van der Waals surface area (Å²) in [5.41, 5.74) is -0.231. The van der Waals surface area contributed by atoms with Gasteiger partial charge in [0.15, 0.2) is 5.78 Å². The molecular weight excluding hydrogens is 254 g/mol. The van der Waals surface area contributed by atoms with Crippen molar-refractivity contribution in [1.29, 1.82) is 0 Å². The molecule has 0 spiro atoms. The first-order valence-corrected chi connectivity index (χ1v) is 7.11. The van der Waals surface area contributed by atoms with E-state index in [1.165, 1.54) is 6.33 Å². The molecule has 5 heteroatoms. The maximum absolute atomic E-state index is 11.3. The van der Waals surface area contributed by atoms with Crippen LogP contribution in [0.25, 0.3) is 0 Å². The van der Waals surface area contributed by atoms with Gasteiger partial charge in [-0.1, -0.05) is 26.8 Å². The number of carbonyl (C=O) groups is 1. The van der Waals surface area contributed by atoms with Gasteiger partial charge in [0.2, 0.25) is 0 Å². The quantitative estimate of drug-likeness (QED) is 0.915. The monoisotopic (exact) mass is 277 g/mol. The average Bonchev–Trinajstić information content (AvgIpc) is 2.90. The Morgan fingerprint density at radius 1 is 1.50 bits per heavy atom. The number of carbonyl (C=O) groups excluding carboxylic acids is 1. The largest absolute Gasteiger partial charge is 0.390 e. The number of hydrogen-bond donors (Lipinski definition) is 1. The molecule has 0 radical (unpaired) electrons. The molecule has 1 aliphatic carbocycles. The van der Waals surface area contributed by atoms with Gasteiger partial charge >= 0.3 is 0 Å². The van der Waals surface area contributed by atoms with Crippen LogP contribution in [0, 0.1) is 11.3 Å². The van der Waals surface area contributed by atoms with Gasteiger partial charge in [0.1, 0.15) is 12.7 Å². The molecule has 0 saturated heterocycles. The molecule has 0 amide bonds. The zero-order chi connectivity index (χ0) is 14.8. The molecule has 1 aliphatic rings. The van der Waals surface area contributed by atoms with Gasteiger partial charge in [0, 0.05) is 6.42 Å². The molecule has 0 fully saturated rings. The molecular formula is C15H23N3O2. The fraction of sp³-hybridized carbons (Fsp3) is 0.667. The lowest BCUT2D eigenvalue weighted by Crippen LogP contribution is -2.37. The van der Waals surface area contributed by atoms with E-state index < -0.39 is 6.10 Å². The van der Waals surface area contributed by atoms with Crippen LogP contribution in [0.3, 0.4) is 0 Å². The number of ketones is 1. The molecule has 0 aliphatic heterocycles. The van der Waals surface area contributed by atoms with E-state index in [-0.39, 0.29) is 17.2 Å². The highest BCUT2D eigenvalue weighted by molar-refractivity contribution is 5.90. The minimum atomic E-state index is -0.518. The minimum Gasteiger partial charge on any atom is -0.390 e. The normalized spacial score (nSPS) is 22.8. The Hall–Kier alpha value is -1.49. The second kappa shape index (κ2) is 5.87. The van der Waals surface area contributed by atoms with Crippen molar-refractivity contribution < 1.29 is 9.90 Å². The maximum atomic E-state index is 11.3. The van der Waals surface area contributed by atoms with Gasteiger partial charge in [0.05, 0.1) is 12.1 Å². The van der Waals surface area contributed by atoms with Crippen molar-refractivity contribution in [2.75, 3.05) is 0 Å². The first-order valence-electron chi connectivity index (χ1n) is 7.11. The Kier molecular flexibility index (Phi) is 4.38. The highest BCUT2D eigenvalue weighted by Gasteiger charge is 2.33. The molecule has 20 heavy (non-hydrogen) atoms. The van der Waals surface area contributed by atoms with E-state index in [1.54, 1.807) is 17.1 Å². The molecule has 0 bridgehead atoms. The highest BCUT2D eigenvalue weighted by Crippen LogP contribution is 2.34. The van der Waals surface area contributed by atoms with Gasteiger partial charge in [-0.25, -0.2) is 9.67 Å². The van der Waals surface area contributed by atoms with Crippen LogP contribution in [0.1, 0.15) is 46.1 Å². The fourth-order valence-corrected chi connectivity index (χ4v) is 2.60. The van der Waals surface area contributed by atoms with Crippen molar-refractivity contribution in [3.8, 4) is 0 Å². The van der Waals surface area contributed by atoms with E-state index >= 15 is 0 Å². The van der Waals surface area contributed by atoms with Crippen LogP contribution >= 0.6 is 0 Å². The molecule has 1 aromatic heterocycles. The van der Waals surface area contributed by atoms with Crippen molar-refractivity contribution in [2.45, 2.75) is 52.2 Å². The topological polar surface area (TPSA) is 68.0 Å². The van der Waals surface area contributed by atoms with Crippen LogP contribution in [-0.4, -0.2) is 31.8 Å². The molecule has 2 rings (SSSR count). The lowest BCUT2D eigenvalue weighted by atomic mass is 9.80. The lowest BCUT2D eigenvalue weighted by Gasteiger charge is -2.34. The summed E-state index contributed by atoms with van der Waals surface area (Å²) in [4.78, 5) is 15.2. The summed E-state index contributed by atoms with van der Waals surface area (Å²) >= 11 is 0. The number of allylic oxidation sites excluding steroid dienone is 2. The maximum Gasteiger partial charge on any atom is 0.155 e. The molecule has 110 valence electrons. The molecule has 1 N–H and O–H groups in total. The molecule has 0 saturated carbocycles. The highest BCUT2D eigenvalue weighted by atomic mass is 16.3. The third-order valence-electron chi connectivity index (χ3n) is 3.89. The van der Waals surface area contributed by atoms with Gasteiger partial charge in [0.25, 0.3) is 0 Å². The molecule has 5 nitrogen and oxygen atoms in total. The summed E-state index contributed by atoms with van der Waals surface area (Å²) in [5, 5.41) is 14.8. The number of aliphatic hydroxyl groups is 1. The van der Waals surface area contributed by atoms with E-state index in [4.69, 9.17) is 0 Å². The Morgan fingerprint density at radius 2 is 2.25 bits per heavy atom. The van der Waals surface area contributed by atoms with Crippen LogP contribution in [0.4, 0.5) is 0 Å². The Morgan fingerprint density at radius 3 is 2.75 bits per heavy atom. The van der Waals surface area contributed by atoms with E-state index in [9.17, 15) is 9.90 Å². The van der Waals surface area contributed by atoms with Gasteiger partial charge in [-0.15, -0.1) is 0 Å². The minimum absolute atomic E-state index is 0.125. The second-order valence-electron chi connectivity index (χ2n) is 6.61. The molecule has 1 heterocycles. The Balaban J connectivity index is 2.15. The van der Waals surface area contributed by atoms with E-state index in [2.05, 4.69) is 10.1 Å². The van der Waals surface area contributed by atoms with Gasteiger partial charge in [-0.05, 0) is 30.3 Å². The molecule has 3 atom stereocenters. The summed E-state index contributed by atoms with van der Waals surface area (Å²) in [6.07, 6.45) is 8.45. The third-order valence-corrected chi connectivity index (χ3v) is 3.89. The summed E-state index contributed by atoms with van der Waals surface area (Å²) < 4.78 is 1.74. The van der Waals surface area contributed by atoms with Crippen molar-refractivity contribution in [3.05, 3.63) is 24.8 Å². The van der Waals surface area contributed by atoms with Crippen molar-refractivity contribution in [3.63, 3.8) is 0 Å². The number of aliphatic hydroxyl groups excluding tert-OH is 1. The summed E-state index contributed by atoms with van der Waals surface area (Å²) in [7, 11) is 0. The number of rotatable bonds is 4. The summed E-state index contributed by atoms with van der Waals surface area (Å²) in [6.45, 7) is 6.05. The Bertz CT molecular complexity index is 474. The number of nitrogens with zero attached hydrogens (tertiary/aromatic N) is 3. The summed E-state index contributed by atoms with van der Waals surface area (Å²) in [5.74, 6) is 0.494. The molecule has 1 aromatic rings. The molecule has 0 aromatic carbocycles. The summed E-state index contributed by atoms with van der Waals surface area (Å²) in [6, 6.07) is -0.125. The van der Waals surface area contributed by atoms with Crippen LogP contribution in [0.15, 0.2) is 24.8 Å². The van der Waals surface area contributed by atoms with Crippen molar-refractivity contribution >= 4 is 5.78 Å². The standard InChI is InChI=1S/C15H23N3O2/c1-15(2,3)14(20)13(18-10-16-9-17-18)8-11-4-6-12(19)7-5-11/h4,6,9-11,13-14,20H,5,7-8H2,1-3H3.